The van der Waals surface area contributed by atoms with E-state index in [0.717, 1.165) is 0 Å². The molecular weight excluding hydrogens is 372 g/mol. The van der Waals surface area contributed by atoms with Gasteiger partial charge >= 0.3 is 0 Å². The van der Waals surface area contributed by atoms with Gasteiger partial charge in [0.2, 0.25) is 11.8 Å². The number of H-pyrrole nitrogens is 1. The molecule has 3 rings (SSSR count). The van der Waals surface area contributed by atoms with Gasteiger partial charge in [0.15, 0.2) is 0 Å². The minimum Gasteiger partial charge on any atom is -0.491 e. The van der Waals surface area contributed by atoms with Crippen molar-refractivity contribution >= 4 is 28.4 Å². The SMILES string of the molecule is NC(=O)CCOc1ccccc1NC(=O)CCCc1nc2ccccc2c(=O)[nH]1. The molecule has 8 nitrogen and oxygen atoms in total. The van der Waals surface area contributed by atoms with Crippen LogP contribution in [0, 0.1) is 0 Å². The molecule has 0 saturated heterocycles. The number of aryl methyl sites for hydroxylation is 1. The van der Waals surface area contributed by atoms with E-state index >= 15 is 0 Å². The maximum atomic E-state index is 12.3. The van der Waals surface area contributed by atoms with Gasteiger partial charge < -0.3 is 20.8 Å². The fourth-order valence-electron chi connectivity index (χ4n) is 2.84. The Labute approximate surface area is 167 Å². The molecule has 0 spiro atoms. The van der Waals surface area contributed by atoms with E-state index in [2.05, 4.69) is 15.3 Å². The van der Waals surface area contributed by atoms with Crippen LogP contribution in [0.1, 0.15) is 25.1 Å². The average Bonchev–Trinajstić information content (AvgIpc) is 2.69. The van der Waals surface area contributed by atoms with Gasteiger partial charge in [-0.15, -0.1) is 0 Å². The number of aromatic nitrogens is 2. The highest BCUT2D eigenvalue weighted by atomic mass is 16.5. The number of hydrogen-bond acceptors (Lipinski definition) is 5. The summed E-state index contributed by atoms with van der Waals surface area (Å²) in [7, 11) is 0. The van der Waals surface area contributed by atoms with Crippen LogP contribution in [0.15, 0.2) is 53.3 Å². The number of fused-ring (bicyclic) bond motifs is 1. The summed E-state index contributed by atoms with van der Waals surface area (Å²) in [5.41, 5.74) is 6.08. The standard InChI is InChI=1S/C21H22N4O4/c22-18(26)12-13-29-17-9-4-3-8-16(17)24-20(27)11-5-10-19-23-15-7-2-1-6-14(15)21(28)25-19/h1-4,6-9H,5,10-13H2,(H2,22,26)(H,24,27)(H,23,25,28). The van der Waals surface area contributed by atoms with Gasteiger partial charge in [0.05, 0.1) is 29.6 Å². The zero-order chi connectivity index (χ0) is 20.6. The first-order chi connectivity index (χ1) is 14.0. The summed E-state index contributed by atoms with van der Waals surface area (Å²) >= 11 is 0. The number of ether oxygens (including phenoxy) is 1. The van der Waals surface area contributed by atoms with Crippen LogP contribution < -0.4 is 21.3 Å². The van der Waals surface area contributed by atoms with Crippen LogP contribution in [0.25, 0.3) is 10.9 Å². The van der Waals surface area contributed by atoms with Crippen LogP contribution in [0.2, 0.25) is 0 Å². The average molecular weight is 394 g/mol. The molecule has 1 heterocycles. The Morgan fingerprint density at radius 3 is 2.66 bits per heavy atom. The highest BCUT2D eigenvalue weighted by Gasteiger charge is 2.09. The van der Waals surface area contributed by atoms with Crippen LogP contribution in [-0.4, -0.2) is 28.4 Å². The zero-order valence-corrected chi connectivity index (χ0v) is 15.8. The van der Waals surface area contributed by atoms with Crippen molar-refractivity contribution in [2.24, 2.45) is 5.73 Å². The number of para-hydroxylation sites is 3. The first kappa shape index (κ1) is 20.1. The van der Waals surface area contributed by atoms with Crippen molar-refractivity contribution in [3.05, 3.63) is 64.7 Å². The lowest BCUT2D eigenvalue weighted by atomic mass is 10.2. The summed E-state index contributed by atoms with van der Waals surface area (Å²) in [5.74, 6) is 0.394. The van der Waals surface area contributed by atoms with Crippen molar-refractivity contribution in [1.29, 1.82) is 0 Å². The van der Waals surface area contributed by atoms with E-state index < -0.39 is 5.91 Å². The van der Waals surface area contributed by atoms with E-state index in [1.54, 1.807) is 42.5 Å². The molecule has 4 N–H and O–H groups in total. The summed E-state index contributed by atoms with van der Waals surface area (Å²) in [6, 6.07) is 14.1. The number of nitrogens with two attached hydrogens (primary N) is 1. The Kier molecular flexibility index (Phi) is 6.57. The highest BCUT2D eigenvalue weighted by Crippen LogP contribution is 2.24. The lowest BCUT2D eigenvalue weighted by Crippen LogP contribution is -2.16. The number of carbonyl (C=O) groups is 2. The van der Waals surface area contributed by atoms with Crippen molar-refractivity contribution in [1.82, 2.24) is 9.97 Å². The maximum Gasteiger partial charge on any atom is 0.258 e. The summed E-state index contributed by atoms with van der Waals surface area (Å²) in [6.07, 6.45) is 1.35. The molecule has 2 amide bonds. The van der Waals surface area contributed by atoms with E-state index in [1.807, 2.05) is 6.07 Å². The molecule has 2 aromatic carbocycles. The van der Waals surface area contributed by atoms with Crippen LogP contribution in [0.3, 0.4) is 0 Å². The summed E-state index contributed by atoms with van der Waals surface area (Å²) < 4.78 is 5.51. The molecule has 8 heteroatoms. The van der Waals surface area contributed by atoms with Crippen molar-refractivity contribution < 1.29 is 14.3 Å². The molecule has 0 aliphatic heterocycles. The number of hydrogen-bond donors (Lipinski definition) is 3. The van der Waals surface area contributed by atoms with Gasteiger partial charge in [-0.1, -0.05) is 24.3 Å². The Balaban J connectivity index is 1.54. The summed E-state index contributed by atoms with van der Waals surface area (Å²) in [6.45, 7) is 0.142. The van der Waals surface area contributed by atoms with E-state index in [0.29, 0.717) is 41.0 Å². The Morgan fingerprint density at radius 2 is 1.83 bits per heavy atom. The third-order valence-corrected chi connectivity index (χ3v) is 4.25. The predicted octanol–water partition coefficient (Wildman–Crippen LogP) is 2.14. The largest absolute Gasteiger partial charge is 0.491 e. The minimum atomic E-state index is -0.452. The maximum absolute atomic E-state index is 12.3. The van der Waals surface area contributed by atoms with Gasteiger partial charge in [-0.3, -0.25) is 14.4 Å². The highest BCUT2D eigenvalue weighted by molar-refractivity contribution is 5.92. The minimum absolute atomic E-state index is 0.0965. The lowest BCUT2D eigenvalue weighted by molar-refractivity contribution is -0.118. The quantitative estimate of drug-likeness (QED) is 0.512. The van der Waals surface area contributed by atoms with Gasteiger partial charge in [-0.2, -0.15) is 0 Å². The number of primary amides is 1. The Morgan fingerprint density at radius 1 is 1.07 bits per heavy atom. The van der Waals surface area contributed by atoms with Gasteiger partial charge in [0.1, 0.15) is 11.6 Å². The van der Waals surface area contributed by atoms with Crippen LogP contribution in [0.4, 0.5) is 5.69 Å². The van der Waals surface area contributed by atoms with Crippen LogP contribution in [0.5, 0.6) is 5.75 Å². The van der Waals surface area contributed by atoms with Gasteiger partial charge in [-0.05, 0) is 30.7 Å². The second-order valence-corrected chi connectivity index (χ2v) is 6.49. The van der Waals surface area contributed by atoms with Crippen molar-refractivity contribution in [2.45, 2.75) is 25.7 Å². The summed E-state index contributed by atoms with van der Waals surface area (Å²) in [4.78, 5) is 42.4. The number of aromatic amines is 1. The van der Waals surface area contributed by atoms with Crippen LogP contribution in [-0.2, 0) is 16.0 Å². The molecule has 150 valence electrons. The second kappa shape index (κ2) is 9.50. The molecule has 0 saturated carbocycles. The number of nitrogens with zero attached hydrogens (tertiary/aromatic N) is 1. The number of amides is 2. The Hall–Kier alpha value is -3.68. The van der Waals surface area contributed by atoms with E-state index in [1.165, 1.54) is 0 Å². The van der Waals surface area contributed by atoms with Gasteiger partial charge in [-0.25, -0.2) is 4.98 Å². The third-order valence-electron chi connectivity index (χ3n) is 4.25. The number of carbonyl (C=O) groups excluding carboxylic acids is 2. The number of rotatable bonds is 9. The summed E-state index contributed by atoms with van der Waals surface area (Å²) in [5, 5.41) is 3.35. The molecule has 0 atom stereocenters. The molecular formula is C21H22N4O4. The van der Waals surface area contributed by atoms with Crippen molar-refractivity contribution in [2.75, 3.05) is 11.9 Å². The smallest absolute Gasteiger partial charge is 0.258 e. The first-order valence-electron chi connectivity index (χ1n) is 9.31. The molecule has 0 bridgehead atoms. The molecule has 29 heavy (non-hydrogen) atoms. The molecule has 3 aromatic rings. The normalized spacial score (nSPS) is 10.6. The Bertz CT molecular complexity index is 1080. The second-order valence-electron chi connectivity index (χ2n) is 6.49. The van der Waals surface area contributed by atoms with E-state index in [-0.39, 0.29) is 30.9 Å². The molecule has 0 unspecified atom stereocenters. The molecule has 1 aromatic heterocycles. The zero-order valence-electron chi connectivity index (χ0n) is 15.8. The third kappa shape index (κ3) is 5.65. The number of benzene rings is 2. The van der Waals surface area contributed by atoms with Gasteiger partial charge in [0, 0.05) is 12.8 Å². The molecule has 0 aliphatic rings. The van der Waals surface area contributed by atoms with Crippen molar-refractivity contribution in [3.8, 4) is 5.75 Å². The van der Waals surface area contributed by atoms with Crippen molar-refractivity contribution in [3.63, 3.8) is 0 Å². The fourth-order valence-corrected chi connectivity index (χ4v) is 2.84. The monoisotopic (exact) mass is 394 g/mol. The number of anilines is 1. The topological polar surface area (TPSA) is 127 Å². The number of nitrogens with one attached hydrogen (secondary N) is 2. The van der Waals surface area contributed by atoms with E-state index in [9.17, 15) is 14.4 Å². The predicted molar refractivity (Wildman–Crippen MR) is 110 cm³/mol. The first-order valence-corrected chi connectivity index (χ1v) is 9.31. The fraction of sp³-hybridized carbons (Fsp3) is 0.238. The van der Waals surface area contributed by atoms with E-state index in [4.69, 9.17) is 10.5 Å². The van der Waals surface area contributed by atoms with Gasteiger partial charge in [0.25, 0.3) is 5.56 Å². The van der Waals surface area contributed by atoms with Crippen LogP contribution >= 0.6 is 0 Å². The molecule has 0 aliphatic carbocycles. The molecule has 0 radical (unpaired) electrons. The molecule has 0 fully saturated rings. The lowest BCUT2D eigenvalue weighted by Gasteiger charge is -2.12.